The Morgan fingerprint density at radius 2 is 2.00 bits per heavy atom. The molecule has 106 valence electrons. The number of rotatable bonds is 2. The van der Waals surface area contributed by atoms with Gasteiger partial charge in [-0.1, -0.05) is 6.07 Å². The van der Waals surface area contributed by atoms with E-state index in [4.69, 9.17) is 0 Å². The molecule has 0 unspecified atom stereocenters. The zero-order valence-electron chi connectivity index (χ0n) is 11.7. The second kappa shape index (κ2) is 5.17. The second-order valence-electron chi connectivity index (χ2n) is 5.95. The van der Waals surface area contributed by atoms with Gasteiger partial charge in [0, 0.05) is 55.3 Å². The molecular weight excluding hydrogens is 314 g/mol. The van der Waals surface area contributed by atoms with Crippen LogP contribution in [0.3, 0.4) is 0 Å². The number of aryl methyl sites for hydroxylation is 2. The van der Waals surface area contributed by atoms with Gasteiger partial charge in [0.15, 0.2) is 0 Å². The van der Waals surface area contributed by atoms with Gasteiger partial charge >= 0.3 is 0 Å². The van der Waals surface area contributed by atoms with Crippen molar-refractivity contribution in [1.29, 1.82) is 0 Å². The average molecular weight is 334 g/mol. The Labute approximate surface area is 128 Å². The Morgan fingerprint density at radius 3 is 2.85 bits per heavy atom. The average Bonchev–Trinajstić information content (AvgIpc) is 2.78. The number of hydrogen-bond donors (Lipinski definition) is 1. The van der Waals surface area contributed by atoms with E-state index in [0.717, 1.165) is 39.3 Å². The molecule has 0 radical (unpaired) electrons. The first-order chi connectivity index (χ1) is 9.81. The van der Waals surface area contributed by atoms with Crippen LogP contribution in [-0.2, 0) is 19.5 Å². The minimum Gasteiger partial charge on any atom is -0.346 e. The fourth-order valence-corrected chi connectivity index (χ4v) is 4.13. The van der Waals surface area contributed by atoms with Gasteiger partial charge in [0.05, 0.1) is 5.52 Å². The lowest BCUT2D eigenvalue weighted by Crippen LogP contribution is -2.42. The van der Waals surface area contributed by atoms with Crippen LogP contribution in [0.25, 0.3) is 10.9 Å². The third kappa shape index (κ3) is 2.20. The molecule has 0 aliphatic carbocycles. The minimum atomic E-state index is 1.09. The molecule has 2 aliphatic rings. The topological polar surface area (TPSA) is 20.2 Å². The van der Waals surface area contributed by atoms with Crippen LogP contribution in [0.4, 0.5) is 0 Å². The molecule has 0 spiro atoms. The van der Waals surface area contributed by atoms with Crippen molar-refractivity contribution in [2.75, 3.05) is 26.2 Å². The SMILES string of the molecule is Brc1cn2c3c(cc(CN4CCNCC4)cc13)CCC2. The van der Waals surface area contributed by atoms with E-state index in [1.54, 1.807) is 0 Å². The summed E-state index contributed by atoms with van der Waals surface area (Å²) in [5.41, 5.74) is 4.45. The first kappa shape index (κ1) is 12.9. The molecule has 3 heterocycles. The summed E-state index contributed by atoms with van der Waals surface area (Å²) in [4.78, 5) is 2.55. The Morgan fingerprint density at radius 1 is 1.15 bits per heavy atom. The van der Waals surface area contributed by atoms with Crippen LogP contribution in [0.5, 0.6) is 0 Å². The Kier molecular flexibility index (Phi) is 3.33. The highest BCUT2D eigenvalue weighted by atomic mass is 79.9. The van der Waals surface area contributed by atoms with Crippen molar-refractivity contribution in [2.24, 2.45) is 0 Å². The summed E-state index contributed by atoms with van der Waals surface area (Å²) in [6.07, 6.45) is 4.74. The molecule has 0 amide bonds. The Bertz CT molecular complexity index is 641. The molecule has 0 atom stereocenters. The van der Waals surface area contributed by atoms with Crippen LogP contribution in [0.2, 0.25) is 0 Å². The van der Waals surface area contributed by atoms with Crippen molar-refractivity contribution in [3.05, 3.63) is 33.9 Å². The zero-order chi connectivity index (χ0) is 13.5. The highest BCUT2D eigenvalue weighted by Crippen LogP contribution is 2.33. The first-order valence-corrected chi connectivity index (χ1v) is 8.34. The summed E-state index contributed by atoms with van der Waals surface area (Å²) >= 11 is 3.74. The number of nitrogens with one attached hydrogen (secondary N) is 1. The molecule has 1 N–H and O–H groups in total. The predicted octanol–water partition coefficient (Wildman–Crippen LogP) is 2.76. The fraction of sp³-hybridized carbons (Fsp3) is 0.500. The van der Waals surface area contributed by atoms with E-state index in [0.29, 0.717) is 0 Å². The van der Waals surface area contributed by atoms with Crippen molar-refractivity contribution < 1.29 is 0 Å². The van der Waals surface area contributed by atoms with Gasteiger partial charge in [-0.25, -0.2) is 0 Å². The number of piperazine rings is 1. The molecule has 3 nitrogen and oxygen atoms in total. The van der Waals surface area contributed by atoms with Gasteiger partial charge in [0.2, 0.25) is 0 Å². The molecule has 1 aromatic carbocycles. The van der Waals surface area contributed by atoms with E-state index < -0.39 is 0 Å². The van der Waals surface area contributed by atoms with Gasteiger partial charge in [-0.3, -0.25) is 4.90 Å². The third-order valence-corrected chi connectivity index (χ3v) is 5.16. The minimum absolute atomic E-state index is 1.09. The van der Waals surface area contributed by atoms with Crippen molar-refractivity contribution in [3.8, 4) is 0 Å². The molecule has 4 rings (SSSR count). The Balaban J connectivity index is 1.72. The van der Waals surface area contributed by atoms with Crippen LogP contribution in [-0.4, -0.2) is 35.6 Å². The maximum absolute atomic E-state index is 3.74. The van der Waals surface area contributed by atoms with E-state index in [-0.39, 0.29) is 0 Å². The lowest BCUT2D eigenvalue weighted by molar-refractivity contribution is 0.233. The fourth-order valence-electron chi connectivity index (χ4n) is 3.58. The molecule has 0 saturated carbocycles. The third-order valence-electron chi connectivity index (χ3n) is 4.52. The summed E-state index contributed by atoms with van der Waals surface area (Å²) in [6, 6.07) is 4.82. The van der Waals surface area contributed by atoms with E-state index in [2.05, 4.69) is 49.0 Å². The van der Waals surface area contributed by atoms with Crippen LogP contribution in [0, 0.1) is 0 Å². The number of nitrogens with zero attached hydrogens (tertiary/aromatic N) is 2. The summed E-state index contributed by atoms with van der Waals surface area (Å²) in [6.45, 7) is 6.81. The largest absolute Gasteiger partial charge is 0.346 e. The molecule has 2 aromatic rings. The van der Waals surface area contributed by atoms with Crippen molar-refractivity contribution in [1.82, 2.24) is 14.8 Å². The number of halogens is 1. The van der Waals surface area contributed by atoms with Gasteiger partial charge in [-0.05, 0) is 46.0 Å². The van der Waals surface area contributed by atoms with Gasteiger partial charge in [0.1, 0.15) is 0 Å². The van der Waals surface area contributed by atoms with Gasteiger partial charge in [-0.2, -0.15) is 0 Å². The molecule has 2 aliphatic heterocycles. The second-order valence-corrected chi connectivity index (χ2v) is 6.81. The number of aromatic nitrogens is 1. The predicted molar refractivity (Wildman–Crippen MR) is 86.1 cm³/mol. The summed E-state index contributed by atoms with van der Waals surface area (Å²) in [5, 5.41) is 4.82. The smallest absolute Gasteiger partial charge is 0.0524 e. The normalized spacial score (nSPS) is 19.6. The molecule has 1 fully saturated rings. The highest BCUT2D eigenvalue weighted by Gasteiger charge is 2.17. The Hall–Kier alpha value is -0.840. The quantitative estimate of drug-likeness (QED) is 0.911. The van der Waals surface area contributed by atoms with Crippen molar-refractivity contribution in [3.63, 3.8) is 0 Å². The monoisotopic (exact) mass is 333 g/mol. The molecule has 20 heavy (non-hydrogen) atoms. The van der Waals surface area contributed by atoms with Crippen molar-refractivity contribution >= 4 is 26.8 Å². The molecule has 0 bridgehead atoms. The lowest BCUT2D eigenvalue weighted by Gasteiger charge is -2.27. The number of hydrogen-bond acceptors (Lipinski definition) is 2. The van der Waals surface area contributed by atoms with E-state index in [1.165, 1.54) is 39.3 Å². The summed E-state index contributed by atoms with van der Waals surface area (Å²) in [7, 11) is 0. The van der Waals surface area contributed by atoms with Crippen LogP contribution < -0.4 is 5.32 Å². The maximum Gasteiger partial charge on any atom is 0.0524 e. The number of benzene rings is 1. The van der Waals surface area contributed by atoms with E-state index in [9.17, 15) is 0 Å². The van der Waals surface area contributed by atoms with Crippen LogP contribution in [0.15, 0.2) is 22.8 Å². The first-order valence-electron chi connectivity index (χ1n) is 7.54. The van der Waals surface area contributed by atoms with Crippen LogP contribution >= 0.6 is 15.9 Å². The summed E-state index contributed by atoms with van der Waals surface area (Å²) in [5.74, 6) is 0. The van der Waals surface area contributed by atoms with Gasteiger partial charge in [-0.15, -0.1) is 0 Å². The van der Waals surface area contributed by atoms with Crippen molar-refractivity contribution in [2.45, 2.75) is 25.9 Å². The molecule has 1 aromatic heterocycles. The highest BCUT2D eigenvalue weighted by molar-refractivity contribution is 9.10. The van der Waals surface area contributed by atoms with Crippen LogP contribution in [0.1, 0.15) is 17.5 Å². The standard InChI is InChI=1S/C16H20BrN3/c17-15-11-20-5-1-2-13-8-12(9-14(15)16(13)20)10-19-6-3-18-4-7-19/h8-9,11,18H,1-7,10H2. The lowest BCUT2D eigenvalue weighted by atomic mass is 10.00. The van der Waals surface area contributed by atoms with Gasteiger partial charge < -0.3 is 9.88 Å². The van der Waals surface area contributed by atoms with Gasteiger partial charge in [0.25, 0.3) is 0 Å². The van der Waals surface area contributed by atoms with E-state index >= 15 is 0 Å². The maximum atomic E-state index is 3.74. The molecule has 1 saturated heterocycles. The zero-order valence-corrected chi connectivity index (χ0v) is 13.2. The summed E-state index contributed by atoms with van der Waals surface area (Å²) < 4.78 is 3.66. The van der Waals surface area contributed by atoms with E-state index in [1.807, 2.05) is 0 Å². The molecular formula is C16H20BrN3. The molecule has 4 heteroatoms.